The lowest BCUT2D eigenvalue weighted by Gasteiger charge is -2.23. The Labute approximate surface area is 186 Å². The van der Waals surface area contributed by atoms with Gasteiger partial charge in [-0.25, -0.2) is 0 Å². The van der Waals surface area contributed by atoms with Crippen molar-refractivity contribution in [3.05, 3.63) is 52.3 Å². The molecule has 0 aliphatic rings. The van der Waals surface area contributed by atoms with Crippen molar-refractivity contribution in [2.24, 2.45) is 5.41 Å². The molecule has 3 rings (SSSR count). The number of benzene rings is 1. The summed E-state index contributed by atoms with van der Waals surface area (Å²) in [7, 11) is 1.68. The molecule has 6 heteroatoms. The zero-order chi connectivity index (χ0) is 21.9. The third-order valence-corrected chi connectivity index (χ3v) is 5.81. The van der Waals surface area contributed by atoms with E-state index in [2.05, 4.69) is 56.7 Å². The van der Waals surface area contributed by atoms with Gasteiger partial charge in [-0.05, 0) is 70.0 Å². The topological polar surface area (TPSA) is 53.4 Å². The molecule has 0 saturated heterocycles. The van der Waals surface area contributed by atoms with Crippen molar-refractivity contribution in [1.82, 2.24) is 9.55 Å². The number of rotatable bonds is 8. The van der Waals surface area contributed by atoms with Crippen LogP contribution in [0.5, 0.6) is 0 Å². The number of carbonyl (C=O) groups is 1. The monoisotopic (exact) mass is 472 g/mol. The normalized spacial score (nSPS) is 11.8. The van der Waals surface area contributed by atoms with E-state index in [1.807, 2.05) is 26.8 Å². The number of aromatic nitrogens is 2. The molecule has 5 nitrogen and oxygen atoms in total. The van der Waals surface area contributed by atoms with E-state index in [1.54, 1.807) is 13.3 Å². The molecule has 0 N–H and O–H groups in total. The molecule has 0 saturated carbocycles. The van der Waals surface area contributed by atoms with E-state index in [-0.39, 0.29) is 5.97 Å². The molecule has 0 spiro atoms. The van der Waals surface area contributed by atoms with Crippen molar-refractivity contribution in [3.8, 4) is 11.3 Å². The second kappa shape index (κ2) is 9.31. The number of esters is 1. The second-order valence-corrected chi connectivity index (χ2v) is 8.86. The lowest BCUT2D eigenvalue weighted by molar-refractivity contribution is -0.153. The number of fused-ring (bicyclic) bond motifs is 1. The summed E-state index contributed by atoms with van der Waals surface area (Å²) < 4.78 is 14.1. The van der Waals surface area contributed by atoms with Gasteiger partial charge < -0.3 is 14.0 Å². The summed E-state index contributed by atoms with van der Waals surface area (Å²) in [6, 6.07) is 10.3. The van der Waals surface area contributed by atoms with Crippen LogP contribution in [0, 0.1) is 5.41 Å². The van der Waals surface area contributed by atoms with Crippen LogP contribution >= 0.6 is 15.9 Å². The number of pyridine rings is 1. The smallest absolute Gasteiger partial charge is 0.311 e. The lowest BCUT2D eigenvalue weighted by atomic mass is 9.84. The molecule has 0 aliphatic carbocycles. The minimum atomic E-state index is -0.663. The second-order valence-electron chi connectivity index (χ2n) is 7.94. The van der Waals surface area contributed by atoms with Crippen molar-refractivity contribution >= 4 is 32.8 Å². The molecule has 0 bridgehead atoms. The van der Waals surface area contributed by atoms with Crippen LogP contribution in [0.15, 0.2) is 41.0 Å². The van der Waals surface area contributed by atoms with Gasteiger partial charge in [-0.2, -0.15) is 0 Å². The van der Waals surface area contributed by atoms with Gasteiger partial charge in [0.05, 0.1) is 30.0 Å². The SMILES string of the molecule is CCOC(=O)C(C)(C)Cc1c(-c2cccnc2COC)n(CC)c2ccc(Br)cc12. The van der Waals surface area contributed by atoms with Crippen molar-refractivity contribution < 1.29 is 14.3 Å². The van der Waals surface area contributed by atoms with Crippen molar-refractivity contribution in [2.75, 3.05) is 13.7 Å². The Morgan fingerprint density at radius 3 is 2.67 bits per heavy atom. The van der Waals surface area contributed by atoms with Gasteiger partial charge in [0.1, 0.15) is 0 Å². The summed E-state index contributed by atoms with van der Waals surface area (Å²) in [6.07, 6.45) is 2.35. The minimum Gasteiger partial charge on any atom is -0.466 e. The molecule has 0 aliphatic heterocycles. The average molecular weight is 473 g/mol. The van der Waals surface area contributed by atoms with Gasteiger partial charge in [0.2, 0.25) is 0 Å². The summed E-state index contributed by atoms with van der Waals surface area (Å²) in [4.78, 5) is 17.3. The van der Waals surface area contributed by atoms with Crippen LogP contribution in [0.4, 0.5) is 0 Å². The highest BCUT2D eigenvalue weighted by molar-refractivity contribution is 9.10. The number of carbonyl (C=O) groups excluding carboxylic acids is 1. The number of halogens is 1. The van der Waals surface area contributed by atoms with E-state index < -0.39 is 5.41 Å². The third kappa shape index (κ3) is 4.30. The standard InChI is InChI=1S/C24H29BrN2O3/c1-6-27-21-11-10-16(25)13-18(21)19(14-24(3,4)23(28)30-7-2)22(27)17-9-8-12-26-20(17)15-29-5/h8-13H,6-7,14-15H2,1-5H3. The Morgan fingerprint density at radius 2 is 2.00 bits per heavy atom. The molecule has 30 heavy (non-hydrogen) atoms. The van der Waals surface area contributed by atoms with E-state index in [0.29, 0.717) is 19.6 Å². The fourth-order valence-electron chi connectivity index (χ4n) is 3.96. The van der Waals surface area contributed by atoms with Gasteiger partial charge in [0.25, 0.3) is 0 Å². The maximum atomic E-state index is 12.7. The Balaban J connectivity index is 2.31. The lowest BCUT2D eigenvalue weighted by Crippen LogP contribution is -2.29. The van der Waals surface area contributed by atoms with Crippen LogP contribution in [-0.2, 0) is 33.8 Å². The number of nitrogens with zero attached hydrogens (tertiary/aromatic N) is 2. The van der Waals surface area contributed by atoms with E-state index in [1.165, 1.54) is 0 Å². The van der Waals surface area contributed by atoms with Gasteiger partial charge in [0.15, 0.2) is 0 Å². The van der Waals surface area contributed by atoms with Crippen LogP contribution in [0.1, 0.15) is 39.0 Å². The van der Waals surface area contributed by atoms with Gasteiger partial charge in [-0.15, -0.1) is 0 Å². The Kier molecular flexibility index (Phi) is 6.98. The quantitative estimate of drug-likeness (QED) is 0.390. The summed E-state index contributed by atoms with van der Waals surface area (Å²) in [5.74, 6) is -0.188. The van der Waals surface area contributed by atoms with Gasteiger partial charge in [-0.3, -0.25) is 9.78 Å². The number of methoxy groups -OCH3 is 1. The third-order valence-electron chi connectivity index (χ3n) is 5.32. The number of hydrogen-bond donors (Lipinski definition) is 0. The molecular formula is C24H29BrN2O3. The predicted molar refractivity (Wildman–Crippen MR) is 123 cm³/mol. The number of aryl methyl sites for hydroxylation is 1. The van der Waals surface area contributed by atoms with E-state index >= 15 is 0 Å². The minimum absolute atomic E-state index is 0.188. The first-order chi connectivity index (χ1) is 14.3. The molecule has 3 aromatic rings. The molecule has 2 heterocycles. The first kappa shape index (κ1) is 22.5. The van der Waals surface area contributed by atoms with Crippen LogP contribution in [0.25, 0.3) is 22.2 Å². The first-order valence-electron chi connectivity index (χ1n) is 10.2. The molecule has 1 aromatic carbocycles. The maximum Gasteiger partial charge on any atom is 0.311 e. The highest BCUT2D eigenvalue weighted by Crippen LogP contribution is 2.40. The fraction of sp³-hybridized carbons (Fsp3) is 0.417. The van der Waals surface area contributed by atoms with Crippen molar-refractivity contribution in [3.63, 3.8) is 0 Å². The Bertz CT molecular complexity index is 1060. The van der Waals surface area contributed by atoms with Crippen LogP contribution in [-0.4, -0.2) is 29.2 Å². The Morgan fingerprint density at radius 1 is 1.23 bits per heavy atom. The number of ether oxygens (including phenoxy) is 2. The van der Waals surface area contributed by atoms with Gasteiger partial charge in [-0.1, -0.05) is 15.9 Å². The van der Waals surface area contributed by atoms with Gasteiger partial charge >= 0.3 is 5.97 Å². The zero-order valence-corrected chi connectivity index (χ0v) is 19.9. The largest absolute Gasteiger partial charge is 0.466 e. The predicted octanol–water partition coefficient (Wildman–Crippen LogP) is 5.76. The molecule has 0 atom stereocenters. The maximum absolute atomic E-state index is 12.7. The van der Waals surface area contributed by atoms with Crippen LogP contribution < -0.4 is 0 Å². The summed E-state index contributed by atoms with van der Waals surface area (Å²) >= 11 is 3.62. The first-order valence-corrected chi connectivity index (χ1v) is 11.0. The van der Waals surface area contributed by atoms with Crippen molar-refractivity contribution in [1.29, 1.82) is 0 Å². The molecule has 0 amide bonds. The summed E-state index contributed by atoms with van der Waals surface area (Å²) in [6.45, 7) is 9.46. The number of hydrogen-bond acceptors (Lipinski definition) is 4. The van der Waals surface area contributed by atoms with E-state index in [9.17, 15) is 4.79 Å². The highest BCUT2D eigenvalue weighted by atomic mass is 79.9. The molecule has 0 fully saturated rings. The molecule has 2 aromatic heterocycles. The molecule has 0 unspecified atom stereocenters. The molecular weight excluding hydrogens is 444 g/mol. The molecule has 160 valence electrons. The summed E-state index contributed by atoms with van der Waals surface area (Å²) in [5.41, 5.74) is 4.59. The van der Waals surface area contributed by atoms with E-state index in [0.717, 1.165) is 44.4 Å². The Hall–Kier alpha value is -2.18. The van der Waals surface area contributed by atoms with E-state index in [4.69, 9.17) is 9.47 Å². The average Bonchev–Trinajstić information content (AvgIpc) is 3.00. The van der Waals surface area contributed by atoms with Crippen molar-refractivity contribution in [2.45, 2.75) is 47.3 Å². The van der Waals surface area contributed by atoms with Crippen LogP contribution in [0.2, 0.25) is 0 Å². The highest BCUT2D eigenvalue weighted by Gasteiger charge is 2.33. The fourth-order valence-corrected chi connectivity index (χ4v) is 4.32. The zero-order valence-electron chi connectivity index (χ0n) is 18.3. The summed E-state index contributed by atoms with van der Waals surface area (Å²) in [5, 5.41) is 1.13. The molecule has 0 radical (unpaired) electrons. The van der Waals surface area contributed by atoms with Gasteiger partial charge in [0, 0.05) is 40.8 Å². The van der Waals surface area contributed by atoms with Crippen LogP contribution in [0.3, 0.4) is 0 Å².